The van der Waals surface area contributed by atoms with Crippen LogP contribution < -0.4 is 5.73 Å². The van der Waals surface area contributed by atoms with E-state index in [4.69, 9.17) is 5.73 Å². The molecule has 0 radical (unpaired) electrons. The standard InChI is InChI=1S/C10H13NO/c1-8(11)10(12)9-6-4-2-3-5-7-9/h2-9H,11H2,1H3. The van der Waals surface area contributed by atoms with E-state index in [0.29, 0.717) is 0 Å². The van der Waals surface area contributed by atoms with Gasteiger partial charge in [-0.3, -0.25) is 4.79 Å². The van der Waals surface area contributed by atoms with Gasteiger partial charge in [0.2, 0.25) is 0 Å². The third-order valence-electron chi connectivity index (χ3n) is 1.75. The molecule has 0 aromatic carbocycles. The minimum Gasteiger partial charge on any atom is -0.322 e. The minimum atomic E-state index is -0.387. The van der Waals surface area contributed by atoms with Crippen molar-refractivity contribution in [3.8, 4) is 0 Å². The Bertz CT molecular complexity index is 233. The maximum atomic E-state index is 11.4. The van der Waals surface area contributed by atoms with Crippen LogP contribution in [0.2, 0.25) is 0 Å². The second kappa shape index (κ2) is 4.02. The van der Waals surface area contributed by atoms with Crippen LogP contribution in [0.25, 0.3) is 0 Å². The zero-order valence-corrected chi connectivity index (χ0v) is 7.10. The summed E-state index contributed by atoms with van der Waals surface area (Å²) in [4.78, 5) is 11.4. The molecule has 0 aliphatic heterocycles. The summed E-state index contributed by atoms with van der Waals surface area (Å²) in [6, 6.07) is -0.387. The molecule has 1 aliphatic rings. The molecule has 2 nitrogen and oxygen atoms in total. The molecule has 0 spiro atoms. The van der Waals surface area contributed by atoms with Crippen molar-refractivity contribution >= 4 is 5.78 Å². The van der Waals surface area contributed by atoms with E-state index in [1.165, 1.54) is 0 Å². The number of Topliss-reactive ketones (excluding diaryl/α,β-unsaturated/α-hetero) is 1. The lowest BCUT2D eigenvalue weighted by Crippen LogP contribution is -2.31. The monoisotopic (exact) mass is 163 g/mol. The molecule has 0 aromatic rings. The molecule has 0 heterocycles. The molecular weight excluding hydrogens is 150 g/mol. The average molecular weight is 163 g/mol. The Kier molecular flexibility index (Phi) is 3.00. The fourth-order valence-electron chi connectivity index (χ4n) is 1.05. The van der Waals surface area contributed by atoms with E-state index in [0.717, 1.165) is 0 Å². The molecule has 1 unspecified atom stereocenters. The van der Waals surface area contributed by atoms with E-state index in [1.807, 2.05) is 36.5 Å². The third kappa shape index (κ3) is 2.17. The van der Waals surface area contributed by atoms with Crippen molar-refractivity contribution in [3.05, 3.63) is 36.5 Å². The van der Waals surface area contributed by atoms with Crippen LogP contribution in [0, 0.1) is 5.92 Å². The first-order valence-corrected chi connectivity index (χ1v) is 4.03. The Hall–Kier alpha value is -1.15. The van der Waals surface area contributed by atoms with E-state index < -0.39 is 0 Å². The van der Waals surface area contributed by atoms with Gasteiger partial charge in [-0.25, -0.2) is 0 Å². The van der Waals surface area contributed by atoms with Crippen LogP contribution in [0.15, 0.2) is 36.5 Å². The molecule has 12 heavy (non-hydrogen) atoms. The minimum absolute atomic E-state index is 0.0613. The summed E-state index contributed by atoms with van der Waals surface area (Å²) in [5.41, 5.74) is 5.48. The van der Waals surface area contributed by atoms with Gasteiger partial charge in [-0.05, 0) is 6.92 Å². The number of hydrogen-bond acceptors (Lipinski definition) is 2. The van der Waals surface area contributed by atoms with Crippen molar-refractivity contribution in [1.29, 1.82) is 0 Å². The molecular formula is C10H13NO. The summed E-state index contributed by atoms with van der Waals surface area (Å²) in [6.07, 6.45) is 11.2. The van der Waals surface area contributed by atoms with Crippen LogP contribution in [-0.4, -0.2) is 11.8 Å². The second-order valence-corrected chi connectivity index (χ2v) is 2.87. The zero-order chi connectivity index (χ0) is 8.97. The van der Waals surface area contributed by atoms with E-state index in [-0.39, 0.29) is 17.7 Å². The predicted octanol–water partition coefficient (Wildman–Crippen LogP) is 1.20. The second-order valence-electron chi connectivity index (χ2n) is 2.87. The lowest BCUT2D eigenvalue weighted by atomic mass is 9.99. The van der Waals surface area contributed by atoms with E-state index in [1.54, 1.807) is 6.92 Å². The highest BCUT2D eigenvalue weighted by Crippen LogP contribution is 2.08. The molecule has 0 aromatic heterocycles. The Morgan fingerprint density at radius 1 is 1.25 bits per heavy atom. The number of carbonyl (C=O) groups excluding carboxylic acids is 1. The van der Waals surface area contributed by atoms with E-state index in [2.05, 4.69) is 0 Å². The van der Waals surface area contributed by atoms with Gasteiger partial charge in [0.1, 0.15) is 0 Å². The average Bonchev–Trinajstić information content (AvgIpc) is 2.30. The summed E-state index contributed by atoms with van der Waals surface area (Å²) in [7, 11) is 0. The zero-order valence-electron chi connectivity index (χ0n) is 7.10. The van der Waals surface area contributed by atoms with Gasteiger partial charge in [0.15, 0.2) is 5.78 Å². The van der Waals surface area contributed by atoms with Crippen molar-refractivity contribution in [2.24, 2.45) is 11.7 Å². The van der Waals surface area contributed by atoms with Crippen LogP contribution >= 0.6 is 0 Å². The summed E-state index contributed by atoms with van der Waals surface area (Å²) < 4.78 is 0. The van der Waals surface area contributed by atoms with E-state index >= 15 is 0 Å². The fourth-order valence-corrected chi connectivity index (χ4v) is 1.05. The number of ketones is 1. The first-order valence-electron chi connectivity index (χ1n) is 4.03. The molecule has 2 N–H and O–H groups in total. The lowest BCUT2D eigenvalue weighted by molar-refractivity contribution is -0.121. The van der Waals surface area contributed by atoms with Crippen LogP contribution in [-0.2, 0) is 4.79 Å². The van der Waals surface area contributed by atoms with Crippen LogP contribution in [0.3, 0.4) is 0 Å². The van der Waals surface area contributed by atoms with Gasteiger partial charge in [0, 0.05) is 0 Å². The van der Waals surface area contributed by atoms with Gasteiger partial charge in [0.05, 0.1) is 12.0 Å². The van der Waals surface area contributed by atoms with Gasteiger partial charge in [-0.15, -0.1) is 0 Å². The summed E-state index contributed by atoms with van der Waals surface area (Å²) in [6.45, 7) is 1.71. The lowest BCUT2D eigenvalue weighted by Gasteiger charge is -2.08. The van der Waals surface area contributed by atoms with Crippen LogP contribution in [0.5, 0.6) is 0 Å². The fraction of sp³-hybridized carbons (Fsp3) is 0.300. The molecule has 0 bridgehead atoms. The Morgan fingerprint density at radius 3 is 2.17 bits per heavy atom. The van der Waals surface area contributed by atoms with Gasteiger partial charge in [0.25, 0.3) is 0 Å². The molecule has 0 fully saturated rings. The van der Waals surface area contributed by atoms with Crippen molar-refractivity contribution in [2.75, 3.05) is 0 Å². The van der Waals surface area contributed by atoms with Gasteiger partial charge >= 0.3 is 0 Å². The quantitative estimate of drug-likeness (QED) is 0.664. The number of nitrogens with two attached hydrogens (primary N) is 1. The Labute approximate surface area is 72.5 Å². The van der Waals surface area contributed by atoms with Gasteiger partial charge in [-0.2, -0.15) is 0 Å². The molecule has 0 amide bonds. The number of allylic oxidation sites excluding steroid dienone is 6. The first kappa shape index (κ1) is 8.94. The summed E-state index contributed by atoms with van der Waals surface area (Å²) >= 11 is 0. The predicted molar refractivity (Wildman–Crippen MR) is 49.6 cm³/mol. The molecule has 1 atom stereocenters. The highest BCUT2D eigenvalue weighted by atomic mass is 16.1. The third-order valence-corrected chi connectivity index (χ3v) is 1.75. The molecule has 2 heteroatoms. The number of rotatable bonds is 2. The van der Waals surface area contributed by atoms with Crippen LogP contribution in [0.4, 0.5) is 0 Å². The first-order chi connectivity index (χ1) is 5.72. The molecule has 1 rings (SSSR count). The van der Waals surface area contributed by atoms with E-state index in [9.17, 15) is 4.79 Å². The highest BCUT2D eigenvalue weighted by Gasteiger charge is 2.15. The number of carbonyl (C=O) groups is 1. The van der Waals surface area contributed by atoms with Gasteiger partial charge < -0.3 is 5.73 Å². The SMILES string of the molecule is CC(N)C(=O)C1C=CC=CC=C1. The Morgan fingerprint density at radius 2 is 1.75 bits per heavy atom. The topological polar surface area (TPSA) is 43.1 Å². The normalized spacial score (nSPS) is 19.2. The van der Waals surface area contributed by atoms with Gasteiger partial charge in [-0.1, -0.05) is 36.5 Å². The van der Waals surface area contributed by atoms with Crippen molar-refractivity contribution in [1.82, 2.24) is 0 Å². The van der Waals surface area contributed by atoms with Crippen molar-refractivity contribution in [3.63, 3.8) is 0 Å². The molecule has 1 aliphatic carbocycles. The molecule has 0 saturated carbocycles. The summed E-state index contributed by atoms with van der Waals surface area (Å²) in [5.74, 6) is -0.0915. The highest BCUT2D eigenvalue weighted by molar-refractivity contribution is 5.88. The smallest absolute Gasteiger partial charge is 0.159 e. The Balaban J connectivity index is 2.70. The maximum absolute atomic E-state index is 11.4. The van der Waals surface area contributed by atoms with Crippen LogP contribution in [0.1, 0.15) is 6.92 Å². The molecule has 64 valence electrons. The molecule has 0 saturated heterocycles. The van der Waals surface area contributed by atoms with Crippen molar-refractivity contribution in [2.45, 2.75) is 13.0 Å². The summed E-state index contributed by atoms with van der Waals surface area (Å²) in [5, 5.41) is 0. The number of hydrogen-bond donors (Lipinski definition) is 1. The largest absolute Gasteiger partial charge is 0.322 e. The maximum Gasteiger partial charge on any atom is 0.159 e. The van der Waals surface area contributed by atoms with Crippen molar-refractivity contribution < 1.29 is 4.79 Å².